The van der Waals surface area contributed by atoms with Gasteiger partial charge in [-0.1, -0.05) is 33.3 Å². The van der Waals surface area contributed by atoms with Crippen molar-refractivity contribution in [3.05, 3.63) is 11.6 Å². The Labute approximate surface area is 189 Å². The van der Waals surface area contributed by atoms with Crippen LogP contribution in [0.4, 0.5) is 4.79 Å². The lowest BCUT2D eigenvalue weighted by Crippen LogP contribution is -2.62. The van der Waals surface area contributed by atoms with E-state index in [1.54, 1.807) is 6.08 Å². The van der Waals surface area contributed by atoms with Crippen LogP contribution in [0.5, 0.6) is 0 Å². The summed E-state index contributed by atoms with van der Waals surface area (Å²) in [6.45, 7) is 7.99. The molecule has 0 unspecified atom stereocenters. The van der Waals surface area contributed by atoms with Gasteiger partial charge >= 0.3 is 12.1 Å². The fourth-order valence-corrected chi connectivity index (χ4v) is 7.64. The summed E-state index contributed by atoms with van der Waals surface area (Å²) in [5.74, 6) is -0.784. The molecule has 0 spiro atoms. The van der Waals surface area contributed by atoms with E-state index in [4.69, 9.17) is 9.47 Å². The van der Waals surface area contributed by atoms with E-state index in [0.717, 1.165) is 24.8 Å². The second-order valence-electron chi connectivity index (χ2n) is 11.3. The van der Waals surface area contributed by atoms with Crippen LogP contribution in [0.3, 0.4) is 0 Å². The predicted molar refractivity (Wildman–Crippen MR) is 116 cm³/mol. The number of carboxylic acids is 1. The third-order valence-corrected chi connectivity index (χ3v) is 9.15. The molecule has 7 nitrogen and oxygen atoms in total. The Balaban J connectivity index is 1.66. The highest BCUT2D eigenvalue weighted by atomic mass is 16.7. The lowest BCUT2D eigenvalue weighted by Gasteiger charge is -2.60. The number of hydrogen-bond donors (Lipinski definition) is 2. The molecule has 0 bridgehead atoms. The lowest BCUT2D eigenvalue weighted by atomic mass is 9.45. The summed E-state index contributed by atoms with van der Waals surface area (Å²) in [6, 6.07) is 0. The molecule has 0 saturated heterocycles. The van der Waals surface area contributed by atoms with E-state index in [0.29, 0.717) is 12.8 Å². The van der Waals surface area contributed by atoms with Crippen molar-refractivity contribution < 1.29 is 34.1 Å². The lowest BCUT2D eigenvalue weighted by molar-refractivity contribution is -0.199. The van der Waals surface area contributed by atoms with Gasteiger partial charge in [0.25, 0.3) is 0 Å². The molecule has 0 amide bonds. The van der Waals surface area contributed by atoms with Gasteiger partial charge in [-0.05, 0) is 73.7 Å². The molecule has 7 atom stereocenters. The second kappa shape index (κ2) is 7.86. The number of aliphatic hydroxyl groups excluding tert-OH is 1. The van der Waals surface area contributed by atoms with E-state index in [9.17, 15) is 24.6 Å². The van der Waals surface area contributed by atoms with Crippen molar-refractivity contribution in [2.75, 3.05) is 6.61 Å². The zero-order chi connectivity index (χ0) is 23.5. The molecule has 2 N–H and O–H groups in total. The summed E-state index contributed by atoms with van der Waals surface area (Å²) in [6.07, 6.45) is 4.01. The summed E-state index contributed by atoms with van der Waals surface area (Å²) >= 11 is 0. The second-order valence-corrected chi connectivity index (χ2v) is 11.3. The monoisotopic (exact) mass is 448 g/mol. The molecule has 7 heteroatoms. The van der Waals surface area contributed by atoms with E-state index >= 15 is 0 Å². The fourth-order valence-electron chi connectivity index (χ4n) is 7.64. The molecule has 4 aliphatic carbocycles. The van der Waals surface area contributed by atoms with Crippen molar-refractivity contribution in [2.45, 2.75) is 84.3 Å². The number of carboxylic acid groups (broad SMARTS) is 1. The molecule has 3 saturated carbocycles. The predicted octanol–water partition coefficient (Wildman–Crippen LogP) is 4.12. The molecule has 4 rings (SSSR count). The fraction of sp³-hybridized carbons (Fsp3) is 0.800. The minimum atomic E-state index is -1.71. The van der Waals surface area contributed by atoms with Crippen molar-refractivity contribution >= 4 is 17.9 Å². The molecule has 0 aromatic rings. The Morgan fingerprint density at radius 2 is 1.91 bits per heavy atom. The Bertz CT molecular complexity index is 847. The normalized spacial score (nSPS) is 43.1. The number of carbonyl (C=O) groups is 3. The number of ether oxygens (including phenoxy) is 2. The highest BCUT2D eigenvalue weighted by Gasteiger charge is 2.71. The summed E-state index contributed by atoms with van der Waals surface area (Å²) in [7, 11) is 0. The van der Waals surface area contributed by atoms with Gasteiger partial charge in [0, 0.05) is 11.8 Å². The zero-order valence-corrected chi connectivity index (χ0v) is 19.6. The Hall–Kier alpha value is -1.89. The van der Waals surface area contributed by atoms with Gasteiger partial charge in [-0.2, -0.15) is 0 Å². The van der Waals surface area contributed by atoms with Gasteiger partial charge in [0.2, 0.25) is 5.60 Å². The Kier molecular flexibility index (Phi) is 5.71. The van der Waals surface area contributed by atoms with Crippen LogP contribution < -0.4 is 0 Å². The average molecular weight is 449 g/mol. The Morgan fingerprint density at radius 1 is 1.19 bits per heavy atom. The largest absolute Gasteiger partial charge is 0.509 e. The van der Waals surface area contributed by atoms with Gasteiger partial charge in [0.15, 0.2) is 5.78 Å². The van der Waals surface area contributed by atoms with Crippen LogP contribution in [-0.2, 0) is 19.1 Å². The highest BCUT2D eigenvalue weighted by Crippen LogP contribution is 2.68. The van der Waals surface area contributed by atoms with Crippen LogP contribution in [0.25, 0.3) is 0 Å². The summed E-state index contributed by atoms with van der Waals surface area (Å²) in [5, 5.41) is 21.7. The summed E-state index contributed by atoms with van der Waals surface area (Å²) in [5.41, 5.74) is -1.72. The number of aliphatic carboxylic acids is 1. The number of hydrogen-bond acceptors (Lipinski definition) is 6. The van der Waals surface area contributed by atoms with E-state index in [1.165, 1.54) is 0 Å². The van der Waals surface area contributed by atoms with Crippen LogP contribution in [0.15, 0.2) is 11.6 Å². The summed E-state index contributed by atoms with van der Waals surface area (Å²) < 4.78 is 10.8. The number of carbonyl (C=O) groups excluding carboxylic acids is 2. The first kappa shape index (κ1) is 23.3. The SMILES string of the molecule is CC(C)COC(=O)O[C@]1(C(=O)O)CC[C@H]2[C@@H]3CCC4=CC(=O)CC[C@]4(C)[C@H]3[C@@H](O)C[C@@]21C. The number of ketones is 1. The quantitative estimate of drug-likeness (QED) is 0.622. The van der Waals surface area contributed by atoms with E-state index < -0.39 is 29.2 Å². The molecule has 0 heterocycles. The van der Waals surface area contributed by atoms with Gasteiger partial charge in [-0.3, -0.25) is 4.79 Å². The third kappa shape index (κ3) is 3.30. The zero-order valence-electron chi connectivity index (χ0n) is 19.6. The van der Waals surface area contributed by atoms with E-state index in [1.807, 2.05) is 20.8 Å². The van der Waals surface area contributed by atoms with Crippen molar-refractivity contribution in [2.24, 2.45) is 34.5 Å². The van der Waals surface area contributed by atoms with Crippen LogP contribution >= 0.6 is 0 Å². The molecule has 3 fully saturated rings. The van der Waals surface area contributed by atoms with Gasteiger partial charge < -0.3 is 19.7 Å². The van der Waals surface area contributed by atoms with Crippen LogP contribution in [-0.4, -0.2) is 46.4 Å². The Morgan fingerprint density at radius 3 is 2.56 bits per heavy atom. The molecule has 0 radical (unpaired) electrons. The van der Waals surface area contributed by atoms with Crippen LogP contribution in [0, 0.1) is 34.5 Å². The van der Waals surface area contributed by atoms with Gasteiger partial charge in [-0.15, -0.1) is 0 Å². The number of allylic oxidation sites excluding steroid dienone is 1. The minimum Gasteiger partial charge on any atom is -0.478 e. The van der Waals surface area contributed by atoms with Gasteiger partial charge in [0.1, 0.15) is 0 Å². The van der Waals surface area contributed by atoms with E-state index in [-0.39, 0.29) is 54.3 Å². The minimum absolute atomic E-state index is 0.0147. The number of rotatable bonds is 4. The third-order valence-electron chi connectivity index (χ3n) is 9.15. The molecule has 32 heavy (non-hydrogen) atoms. The van der Waals surface area contributed by atoms with Crippen molar-refractivity contribution in [3.8, 4) is 0 Å². The summed E-state index contributed by atoms with van der Waals surface area (Å²) in [4.78, 5) is 37.1. The molecular formula is C25H36O7. The van der Waals surface area contributed by atoms with Crippen LogP contribution in [0.2, 0.25) is 0 Å². The maximum absolute atomic E-state index is 12.6. The first-order chi connectivity index (χ1) is 14.9. The maximum atomic E-state index is 12.6. The molecule has 178 valence electrons. The number of fused-ring (bicyclic) bond motifs is 5. The number of aliphatic hydroxyl groups is 1. The molecule has 4 aliphatic rings. The van der Waals surface area contributed by atoms with E-state index in [2.05, 4.69) is 6.92 Å². The van der Waals surface area contributed by atoms with Crippen molar-refractivity contribution in [1.29, 1.82) is 0 Å². The maximum Gasteiger partial charge on any atom is 0.509 e. The first-order valence-electron chi connectivity index (χ1n) is 12.0. The van der Waals surface area contributed by atoms with Crippen molar-refractivity contribution in [1.82, 2.24) is 0 Å². The molecule has 0 aromatic carbocycles. The smallest absolute Gasteiger partial charge is 0.478 e. The topological polar surface area (TPSA) is 110 Å². The van der Waals surface area contributed by atoms with Gasteiger partial charge in [0.05, 0.1) is 12.7 Å². The average Bonchev–Trinajstić information content (AvgIpc) is 2.99. The van der Waals surface area contributed by atoms with Crippen molar-refractivity contribution in [3.63, 3.8) is 0 Å². The first-order valence-corrected chi connectivity index (χ1v) is 12.0. The molecule has 0 aromatic heterocycles. The molecule has 0 aliphatic heterocycles. The highest BCUT2D eigenvalue weighted by molar-refractivity contribution is 5.91. The molecular weight excluding hydrogens is 412 g/mol. The van der Waals surface area contributed by atoms with Gasteiger partial charge in [-0.25, -0.2) is 9.59 Å². The van der Waals surface area contributed by atoms with Crippen LogP contribution in [0.1, 0.15) is 72.6 Å². The standard InChI is InChI=1S/C25H36O7/c1-14(2)13-31-22(30)32-25(21(28)29)10-8-18-17-6-5-15-11-16(26)7-9-23(15,3)20(17)19(27)12-24(18,25)4/h11,14,17-20,27H,5-10,12-13H2,1-4H3,(H,28,29)/t17-,18-,19-,20+,23-,24-,25-/m0/s1.